The zero-order chi connectivity index (χ0) is 15.5. The van der Waals surface area contributed by atoms with Gasteiger partial charge in [-0.25, -0.2) is 4.68 Å². The van der Waals surface area contributed by atoms with Gasteiger partial charge in [-0.2, -0.15) is 5.10 Å². The van der Waals surface area contributed by atoms with Gasteiger partial charge in [-0.1, -0.05) is 6.07 Å². The monoisotopic (exact) mass is 337 g/mol. The van der Waals surface area contributed by atoms with Crippen molar-refractivity contribution in [2.24, 2.45) is 5.92 Å². The highest BCUT2D eigenvalue weighted by molar-refractivity contribution is 5.92. The van der Waals surface area contributed by atoms with Gasteiger partial charge < -0.3 is 10.6 Å². The van der Waals surface area contributed by atoms with E-state index in [1.807, 2.05) is 0 Å². The number of nitro groups is 1. The van der Waals surface area contributed by atoms with Crippen LogP contribution in [0, 0.1) is 16.0 Å². The van der Waals surface area contributed by atoms with Gasteiger partial charge in [0.2, 0.25) is 0 Å². The Morgan fingerprint density at radius 2 is 2.22 bits per heavy atom. The summed E-state index contributed by atoms with van der Waals surface area (Å²) >= 11 is 0. The number of hydrogen-bond acceptors (Lipinski definition) is 5. The van der Waals surface area contributed by atoms with Gasteiger partial charge in [-0.15, -0.1) is 12.4 Å². The number of carbonyl (C=O) groups is 1. The number of nitro benzene ring substituents is 1. The van der Waals surface area contributed by atoms with Gasteiger partial charge in [0.25, 0.3) is 11.6 Å². The maximum absolute atomic E-state index is 12.0. The zero-order valence-electron chi connectivity index (χ0n) is 12.1. The van der Waals surface area contributed by atoms with Crippen molar-refractivity contribution in [1.29, 1.82) is 0 Å². The van der Waals surface area contributed by atoms with Crippen molar-refractivity contribution in [3.8, 4) is 5.69 Å². The minimum absolute atomic E-state index is 0. The summed E-state index contributed by atoms with van der Waals surface area (Å²) in [6.07, 6.45) is 1.61. The van der Waals surface area contributed by atoms with Crippen LogP contribution >= 0.6 is 12.4 Å². The number of carbonyl (C=O) groups excluding carboxylic acids is 1. The summed E-state index contributed by atoms with van der Waals surface area (Å²) < 4.78 is 1.45. The number of hydrogen-bond donors (Lipinski definition) is 2. The highest BCUT2D eigenvalue weighted by atomic mass is 35.5. The van der Waals surface area contributed by atoms with Crippen LogP contribution in [0.2, 0.25) is 0 Å². The van der Waals surface area contributed by atoms with Crippen molar-refractivity contribution in [3.05, 3.63) is 52.3 Å². The lowest BCUT2D eigenvalue weighted by atomic mass is 10.0. The summed E-state index contributed by atoms with van der Waals surface area (Å²) in [4.78, 5) is 22.3. The number of halogens is 1. The number of aromatic nitrogens is 2. The molecule has 1 aromatic heterocycles. The molecule has 1 fully saturated rings. The van der Waals surface area contributed by atoms with Crippen molar-refractivity contribution < 1.29 is 9.72 Å². The van der Waals surface area contributed by atoms with Crippen molar-refractivity contribution in [1.82, 2.24) is 20.4 Å². The number of amides is 1. The topological polar surface area (TPSA) is 102 Å². The molecular formula is C14H16ClN5O3. The maximum atomic E-state index is 12.0. The fourth-order valence-electron chi connectivity index (χ4n) is 2.16. The molecule has 0 atom stereocenters. The van der Waals surface area contributed by atoms with Crippen LogP contribution in [0.25, 0.3) is 5.69 Å². The van der Waals surface area contributed by atoms with Crippen molar-refractivity contribution in [3.63, 3.8) is 0 Å². The van der Waals surface area contributed by atoms with E-state index in [1.54, 1.807) is 24.4 Å². The van der Waals surface area contributed by atoms with Crippen LogP contribution in [0.3, 0.4) is 0 Å². The average Bonchev–Trinajstić information content (AvgIpc) is 2.95. The highest BCUT2D eigenvalue weighted by Crippen LogP contribution is 2.16. The molecule has 0 bridgehead atoms. The third kappa shape index (κ3) is 3.85. The first kappa shape index (κ1) is 16.9. The summed E-state index contributed by atoms with van der Waals surface area (Å²) in [6.45, 7) is 2.46. The summed E-state index contributed by atoms with van der Waals surface area (Å²) in [5.74, 6) is 0.235. The zero-order valence-corrected chi connectivity index (χ0v) is 13.0. The fourth-order valence-corrected chi connectivity index (χ4v) is 2.16. The molecule has 2 heterocycles. The van der Waals surface area contributed by atoms with E-state index < -0.39 is 4.92 Å². The molecule has 1 saturated heterocycles. The first-order chi connectivity index (χ1) is 10.6. The molecule has 2 N–H and O–H groups in total. The minimum Gasteiger partial charge on any atom is -0.350 e. The molecule has 122 valence electrons. The van der Waals surface area contributed by atoms with Crippen molar-refractivity contribution in [2.45, 2.75) is 0 Å². The minimum atomic E-state index is -0.465. The lowest BCUT2D eigenvalue weighted by molar-refractivity contribution is -0.384. The van der Waals surface area contributed by atoms with E-state index in [-0.39, 0.29) is 24.0 Å². The summed E-state index contributed by atoms with van der Waals surface area (Å²) in [5.41, 5.74) is 0.812. The Kier molecular flexibility index (Phi) is 5.30. The van der Waals surface area contributed by atoms with Gasteiger partial charge in [-0.3, -0.25) is 14.9 Å². The van der Waals surface area contributed by atoms with Crippen LogP contribution in [0.1, 0.15) is 10.5 Å². The Morgan fingerprint density at radius 1 is 1.43 bits per heavy atom. The molecule has 0 spiro atoms. The van der Waals surface area contributed by atoms with Crippen LogP contribution in [0.4, 0.5) is 5.69 Å². The third-order valence-corrected chi connectivity index (χ3v) is 3.54. The first-order valence-corrected chi connectivity index (χ1v) is 6.93. The van der Waals surface area contributed by atoms with Crippen LogP contribution in [0.5, 0.6) is 0 Å². The average molecular weight is 338 g/mol. The Balaban J connectivity index is 0.00000192. The molecule has 1 aliphatic rings. The van der Waals surface area contributed by atoms with E-state index in [2.05, 4.69) is 15.7 Å². The van der Waals surface area contributed by atoms with Crippen molar-refractivity contribution in [2.75, 3.05) is 19.6 Å². The normalized spacial score (nSPS) is 13.7. The Labute approximate surface area is 138 Å². The quantitative estimate of drug-likeness (QED) is 0.629. The van der Waals surface area contributed by atoms with Crippen LogP contribution in [0.15, 0.2) is 36.5 Å². The predicted molar refractivity (Wildman–Crippen MR) is 86.2 cm³/mol. The van der Waals surface area contributed by atoms with E-state index in [4.69, 9.17) is 0 Å². The molecule has 2 aromatic rings. The van der Waals surface area contributed by atoms with Gasteiger partial charge in [-0.05, 0) is 12.1 Å². The smallest absolute Gasteiger partial charge is 0.271 e. The Morgan fingerprint density at radius 3 is 2.87 bits per heavy atom. The number of benzene rings is 1. The summed E-state index contributed by atoms with van der Waals surface area (Å²) in [7, 11) is 0. The van der Waals surface area contributed by atoms with Crippen LogP contribution in [-0.4, -0.2) is 40.2 Å². The molecule has 1 amide bonds. The van der Waals surface area contributed by atoms with E-state index >= 15 is 0 Å². The Hall–Kier alpha value is -2.45. The molecule has 1 aliphatic heterocycles. The van der Waals surface area contributed by atoms with Gasteiger partial charge >= 0.3 is 0 Å². The van der Waals surface area contributed by atoms with Gasteiger partial charge in [0.15, 0.2) is 5.69 Å². The van der Waals surface area contributed by atoms with E-state index in [0.29, 0.717) is 23.8 Å². The van der Waals surface area contributed by atoms with Crippen LogP contribution < -0.4 is 10.6 Å². The second-order valence-corrected chi connectivity index (χ2v) is 5.16. The number of nitrogens with one attached hydrogen (secondary N) is 2. The molecule has 0 aliphatic carbocycles. The summed E-state index contributed by atoms with van der Waals surface area (Å²) in [6, 6.07) is 7.69. The second kappa shape index (κ2) is 7.21. The lowest BCUT2D eigenvalue weighted by Gasteiger charge is -2.26. The lowest BCUT2D eigenvalue weighted by Crippen LogP contribution is -2.48. The largest absolute Gasteiger partial charge is 0.350 e. The molecule has 9 heteroatoms. The standard InChI is InChI=1S/C14H15N5O3.ClH/c20-14(16-9-10-7-15-8-10)13-4-5-18(17-13)11-2-1-3-12(6-11)19(21)22;/h1-6,10,15H,7-9H2,(H,16,20);1H. The third-order valence-electron chi connectivity index (χ3n) is 3.54. The first-order valence-electron chi connectivity index (χ1n) is 6.93. The molecule has 8 nitrogen and oxygen atoms in total. The molecule has 23 heavy (non-hydrogen) atoms. The molecule has 0 radical (unpaired) electrons. The van der Waals surface area contributed by atoms with E-state index in [9.17, 15) is 14.9 Å². The molecule has 0 saturated carbocycles. The fraction of sp³-hybridized carbons (Fsp3) is 0.286. The SMILES string of the molecule is Cl.O=C(NCC1CNC1)c1ccn(-c2cccc([N+](=O)[O-])c2)n1. The summed E-state index contributed by atoms with van der Waals surface area (Å²) in [5, 5.41) is 20.9. The number of non-ortho nitro benzene ring substituents is 1. The molecule has 1 aromatic carbocycles. The second-order valence-electron chi connectivity index (χ2n) is 5.16. The number of nitrogens with zero attached hydrogens (tertiary/aromatic N) is 3. The molecule has 0 unspecified atom stereocenters. The Bertz CT molecular complexity index is 714. The molecule has 3 rings (SSSR count). The van der Waals surface area contributed by atoms with E-state index in [0.717, 1.165) is 13.1 Å². The number of rotatable bonds is 5. The molecular weight excluding hydrogens is 322 g/mol. The van der Waals surface area contributed by atoms with E-state index in [1.165, 1.54) is 16.8 Å². The van der Waals surface area contributed by atoms with Crippen molar-refractivity contribution >= 4 is 24.0 Å². The predicted octanol–water partition coefficient (Wildman–Crippen LogP) is 1.15. The van der Waals surface area contributed by atoms with Gasteiger partial charge in [0.1, 0.15) is 0 Å². The highest BCUT2D eigenvalue weighted by Gasteiger charge is 2.18. The van der Waals surface area contributed by atoms with Crippen LogP contribution in [-0.2, 0) is 0 Å². The maximum Gasteiger partial charge on any atom is 0.271 e. The van der Waals surface area contributed by atoms with Gasteiger partial charge in [0, 0.05) is 43.9 Å². The van der Waals surface area contributed by atoms with Gasteiger partial charge in [0.05, 0.1) is 10.6 Å².